The van der Waals surface area contributed by atoms with E-state index in [4.69, 9.17) is 0 Å². The maximum Gasteiger partial charge on any atom is 0.0399 e. The average Bonchev–Trinajstić information content (AvgIpc) is 3.13. The summed E-state index contributed by atoms with van der Waals surface area (Å²) in [6, 6.07) is 7.74. The highest BCUT2D eigenvalue weighted by molar-refractivity contribution is 5.56. The maximum atomic E-state index is 3.60. The molecule has 1 aromatic rings. The molecule has 0 unspecified atom stereocenters. The molecular formula is C15H22N2. The number of hydrogen-bond acceptors (Lipinski definition) is 2. The lowest BCUT2D eigenvalue weighted by molar-refractivity contribution is 0.628. The number of hydrogen-bond donors (Lipinski definition) is 1. The highest BCUT2D eigenvalue weighted by Crippen LogP contribution is 2.27. The quantitative estimate of drug-likeness (QED) is 0.855. The van der Waals surface area contributed by atoms with E-state index in [1.165, 1.54) is 43.5 Å². The lowest BCUT2D eigenvalue weighted by Crippen LogP contribution is -2.36. The molecule has 2 aliphatic rings. The van der Waals surface area contributed by atoms with E-state index < -0.39 is 0 Å². The van der Waals surface area contributed by atoms with Crippen LogP contribution in [-0.2, 0) is 6.42 Å². The zero-order chi connectivity index (χ0) is 11.7. The Balaban J connectivity index is 1.65. The highest BCUT2D eigenvalue weighted by Gasteiger charge is 2.21. The van der Waals surface area contributed by atoms with Gasteiger partial charge in [0.2, 0.25) is 0 Å². The summed E-state index contributed by atoms with van der Waals surface area (Å²) < 4.78 is 0. The Labute approximate surface area is 104 Å². The van der Waals surface area contributed by atoms with Gasteiger partial charge in [0.25, 0.3) is 0 Å². The summed E-state index contributed by atoms with van der Waals surface area (Å²) in [6.07, 6.45) is 5.33. The van der Waals surface area contributed by atoms with Crippen molar-refractivity contribution in [3.05, 3.63) is 29.3 Å². The predicted octanol–water partition coefficient (Wildman–Crippen LogP) is 2.50. The molecule has 0 saturated heterocycles. The first-order chi connectivity index (χ1) is 8.33. The third-order valence-electron chi connectivity index (χ3n) is 3.84. The molecular weight excluding hydrogens is 208 g/mol. The van der Waals surface area contributed by atoms with Crippen molar-refractivity contribution < 1.29 is 0 Å². The van der Waals surface area contributed by atoms with Gasteiger partial charge in [-0.05, 0) is 44.2 Å². The summed E-state index contributed by atoms with van der Waals surface area (Å²) in [6.45, 7) is 5.71. The van der Waals surface area contributed by atoms with Crippen molar-refractivity contribution in [3.63, 3.8) is 0 Å². The average molecular weight is 230 g/mol. The summed E-state index contributed by atoms with van der Waals surface area (Å²) in [4.78, 5) is 2.55. The van der Waals surface area contributed by atoms with Crippen molar-refractivity contribution >= 4 is 5.69 Å². The minimum absolute atomic E-state index is 0.831. The summed E-state index contributed by atoms with van der Waals surface area (Å²) in [5, 5.41) is 3.60. The highest BCUT2D eigenvalue weighted by atomic mass is 15.2. The van der Waals surface area contributed by atoms with E-state index in [2.05, 4.69) is 35.3 Å². The van der Waals surface area contributed by atoms with Gasteiger partial charge in [-0.1, -0.05) is 17.7 Å². The number of aryl methyl sites for hydroxylation is 2. The standard InChI is InChI=1S/C15H22N2/c1-12-4-7-15-13(11-12)3-2-9-17(15)10-8-16-14-5-6-14/h4,7,11,14,16H,2-3,5-6,8-10H2,1H3. The van der Waals surface area contributed by atoms with Crippen LogP contribution in [0.5, 0.6) is 0 Å². The molecule has 1 fully saturated rings. The van der Waals surface area contributed by atoms with E-state index in [1.54, 1.807) is 5.56 Å². The van der Waals surface area contributed by atoms with Crippen LogP contribution in [0.2, 0.25) is 0 Å². The summed E-state index contributed by atoms with van der Waals surface area (Å²) >= 11 is 0. The third kappa shape index (κ3) is 2.63. The number of benzene rings is 1. The molecule has 1 aliphatic carbocycles. The molecule has 1 N–H and O–H groups in total. The lowest BCUT2D eigenvalue weighted by Gasteiger charge is -2.31. The summed E-state index contributed by atoms with van der Waals surface area (Å²) in [7, 11) is 0. The minimum Gasteiger partial charge on any atom is -0.370 e. The first kappa shape index (κ1) is 11.1. The van der Waals surface area contributed by atoms with Crippen LogP contribution in [-0.4, -0.2) is 25.7 Å². The minimum atomic E-state index is 0.831. The molecule has 0 bridgehead atoms. The van der Waals surface area contributed by atoms with Gasteiger partial charge < -0.3 is 10.2 Å². The smallest absolute Gasteiger partial charge is 0.0399 e. The molecule has 1 heterocycles. The van der Waals surface area contributed by atoms with Crippen molar-refractivity contribution in [2.75, 3.05) is 24.5 Å². The molecule has 0 atom stereocenters. The van der Waals surface area contributed by atoms with Gasteiger partial charge in [-0.15, -0.1) is 0 Å². The van der Waals surface area contributed by atoms with Gasteiger partial charge in [0.15, 0.2) is 0 Å². The molecule has 0 amide bonds. The second kappa shape index (κ2) is 4.69. The van der Waals surface area contributed by atoms with E-state index in [0.29, 0.717) is 0 Å². The van der Waals surface area contributed by atoms with Gasteiger partial charge in [-0.3, -0.25) is 0 Å². The molecule has 0 radical (unpaired) electrons. The van der Waals surface area contributed by atoms with E-state index >= 15 is 0 Å². The van der Waals surface area contributed by atoms with E-state index in [1.807, 2.05) is 0 Å². The van der Waals surface area contributed by atoms with Crippen LogP contribution in [0.25, 0.3) is 0 Å². The van der Waals surface area contributed by atoms with E-state index in [9.17, 15) is 0 Å². The molecule has 1 aromatic carbocycles. The molecule has 1 saturated carbocycles. The van der Waals surface area contributed by atoms with Crippen LogP contribution in [0.15, 0.2) is 18.2 Å². The Bertz CT molecular complexity index is 396. The SMILES string of the molecule is Cc1ccc2c(c1)CCCN2CCNC1CC1. The van der Waals surface area contributed by atoms with Gasteiger partial charge in [-0.2, -0.15) is 0 Å². The van der Waals surface area contributed by atoms with Crippen LogP contribution < -0.4 is 10.2 Å². The Morgan fingerprint density at radius 2 is 2.24 bits per heavy atom. The fraction of sp³-hybridized carbons (Fsp3) is 0.600. The Morgan fingerprint density at radius 3 is 3.06 bits per heavy atom. The van der Waals surface area contributed by atoms with Crippen molar-refractivity contribution in [1.82, 2.24) is 5.32 Å². The predicted molar refractivity (Wildman–Crippen MR) is 72.7 cm³/mol. The first-order valence-corrected chi connectivity index (χ1v) is 6.91. The van der Waals surface area contributed by atoms with Gasteiger partial charge in [0, 0.05) is 31.4 Å². The fourth-order valence-electron chi connectivity index (χ4n) is 2.73. The second-order valence-corrected chi connectivity index (χ2v) is 5.45. The number of nitrogens with zero attached hydrogens (tertiary/aromatic N) is 1. The fourth-order valence-corrected chi connectivity index (χ4v) is 2.73. The Kier molecular flexibility index (Phi) is 3.06. The molecule has 92 valence electrons. The molecule has 3 rings (SSSR count). The monoisotopic (exact) mass is 230 g/mol. The molecule has 1 aliphatic heterocycles. The van der Waals surface area contributed by atoms with Crippen LogP contribution in [0, 0.1) is 6.92 Å². The number of fused-ring (bicyclic) bond motifs is 1. The number of rotatable bonds is 4. The zero-order valence-corrected chi connectivity index (χ0v) is 10.7. The Morgan fingerprint density at radius 1 is 1.35 bits per heavy atom. The molecule has 2 heteroatoms. The van der Waals surface area contributed by atoms with Crippen molar-refractivity contribution in [2.45, 2.75) is 38.6 Å². The Hall–Kier alpha value is -1.02. The molecule has 17 heavy (non-hydrogen) atoms. The van der Waals surface area contributed by atoms with Crippen molar-refractivity contribution in [1.29, 1.82) is 0 Å². The topological polar surface area (TPSA) is 15.3 Å². The maximum absolute atomic E-state index is 3.60. The van der Waals surface area contributed by atoms with Gasteiger partial charge in [0.05, 0.1) is 0 Å². The summed E-state index contributed by atoms with van der Waals surface area (Å²) in [5.74, 6) is 0. The zero-order valence-electron chi connectivity index (χ0n) is 10.7. The van der Waals surface area contributed by atoms with Crippen LogP contribution in [0.3, 0.4) is 0 Å². The molecule has 2 nitrogen and oxygen atoms in total. The normalized spacial score (nSPS) is 19.2. The van der Waals surface area contributed by atoms with E-state index in [-0.39, 0.29) is 0 Å². The van der Waals surface area contributed by atoms with Crippen LogP contribution >= 0.6 is 0 Å². The van der Waals surface area contributed by atoms with Crippen molar-refractivity contribution in [2.24, 2.45) is 0 Å². The molecule has 0 aromatic heterocycles. The van der Waals surface area contributed by atoms with Crippen LogP contribution in [0.4, 0.5) is 5.69 Å². The van der Waals surface area contributed by atoms with Gasteiger partial charge >= 0.3 is 0 Å². The van der Waals surface area contributed by atoms with Gasteiger partial charge in [-0.25, -0.2) is 0 Å². The largest absolute Gasteiger partial charge is 0.370 e. The van der Waals surface area contributed by atoms with Gasteiger partial charge in [0.1, 0.15) is 0 Å². The van der Waals surface area contributed by atoms with Crippen molar-refractivity contribution in [3.8, 4) is 0 Å². The van der Waals surface area contributed by atoms with E-state index in [0.717, 1.165) is 19.1 Å². The number of nitrogens with one attached hydrogen (secondary N) is 1. The first-order valence-electron chi connectivity index (χ1n) is 6.91. The summed E-state index contributed by atoms with van der Waals surface area (Å²) in [5.41, 5.74) is 4.41. The third-order valence-corrected chi connectivity index (χ3v) is 3.84. The number of anilines is 1. The molecule has 0 spiro atoms. The lowest BCUT2D eigenvalue weighted by atomic mass is 10.00. The van der Waals surface area contributed by atoms with Crippen LogP contribution in [0.1, 0.15) is 30.4 Å². The second-order valence-electron chi connectivity index (χ2n) is 5.45.